The lowest BCUT2D eigenvalue weighted by Gasteiger charge is -2.32. The van der Waals surface area contributed by atoms with Crippen LogP contribution >= 0.6 is 0 Å². The van der Waals surface area contributed by atoms with E-state index in [1.165, 1.54) is 0 Å². The first-order valence-electron chi connectivity index (χ1n) is 6.20. The van der Waals surface area contributed by atoms with Crippen molar-refractivity contribution < 1.29 is 15.0 Å². The second-order valence-electron chi connectivity index (χ2n) is 4.21. The molecule has 96 valence electrons. The largest absolute Gasteiger partial charge is 0.481 e. The predicted octanol–water partition coefficient (Wildman–Crippen LogP) is 1.58. The Morgan fingerprint density at radius 3 is 2.62 bits per heavy atom. The Morgan fingerprint density at radius 1 is 1.50 bits per heavy atom. The quantitative estimate of drug-likeness (QED) is 0.771. The summed E-state index contributed by atoms with van der Waals surface area (Å²) in [4.78, 5) is 12.7. The molecular formula is C12H25NO3. The monoisotopic (exact) mass is 231 g/mol. The zero-order chi connectivity index (χ0) is 12.6. The molecule has 1 aliphatic heterocycles. The maximum atomic E-state index is 10.5. The number of nitrogens with zero attached hydrogens (tertiary/aromatic N) is 1. The highest BCUT2D eigenvalue weighted by Gasteiger charge is 2.22. The van der Waals surface area contributed by atoms with Crippen molar-refractivity contribution in [3.63, 3.8) is 0 Å². The molecule has 1 rings (SSSR count). The van der Waals surface area contributed by atoms with Gasteiger partial charge in [-0.1, -0.05) is 13.8 Å². The number of hydrogen-bond donors (Lipinski definition) is 2. The Balaban J connectivity index is 0.00000106. The minimum absolute atomic E-state index is 0.260. The molecule has 2 N–H and O–H groups in total. The van der Waals surface area contributed by atoms with Gasteiger partial charge in [-0.2, -0.15) is 0 Å². The average Bonchev–Trinajstić information content (AvgIpc) is 2.19. The van der Waals surface area contributed by atoms with E-state index in [4.69, 9.17) is 5.11 Å². The molecule has 0 aromatic heterocycles. The van der Waals surface area contributed by atoms with Crippen molar-refractivity contribution in [1.29, 1.82) is 0 Å². The maximum Gasteiger partial charge on any atom is 0.303 e. The molecule has 0 aromatic rings. The molecule has 1 saturated heterocycles. The van der Waals surface area contributed by atoms with E-state index in [1.54, 1.807) is 6.92 Å². The number of carboxylic acids is 1. The molecule has 1 heterocycles. The molecule has 0 spiro atoms. The van der Waals surface area contributed by atoms with Gasteiger partial charge in [-0.15, -0.1) is 0 Å². The number of hydrogen-bond acceptors (Lipinski definition) is 3. The zero-order valence-corrected chi connectivity index (χ0v) is 10.6. The minimum Gasteiger partial charge on any atom is -0.481 e. The van der Waals surface area contributed by atoms with Crippen molar-refractivity contribution in [3.05, 3.63) is 0 Å². The summed E-state index contributed by atoms with van der Waals surface area (Å²) in [6, 6.07) is 0. The third-order valence-corrected chi connectivity index (χ3v) is 2.59. The number of carbonyl (C=O) groups is 1. The van der Waals surface area contributed by atoms with Crippen molar-refractivity contribution in [1.82, 2.24) is 4.90 Å². The van der Waals surface area contributed by atoms with Crippen molar-refractivity contribution in [2.45, 2.75) is 46.1 Å². The van der Waals surface area contributed by atoms with Crippen LogP contribution in [0.2, 0.25) is 0 Å². The third kappa shape index (κ3) is 6.80. The molecule has 4 nitrogen and oxygen atoms in total. The summed E-state index contributed by atoms with van der Waals surface area (Å²) < 4.78 is 0. The van der Waals surface area contributed by atoms with E-state index in [9.17, 15) is 9.90 Å². The minimum atomic E-state index is -0.714. The highest BCUT2D eigenvalue weighted by atomic mass is 16.4. The first-order chi connectivity index (χ1) is 7.58. The van der Waals surface area contributed by atoms with Gasteiger partial charge in [0.2, 0.25) is 0 Å². The molecule has 2 atom stereocenters. The van der Waals surface area contributed by atoms with Gasteiger partial charge in [0.15, 0.2) is 0 Å². The van der Waals surface area contributed by atoms with Crippen LogP contribution < -0.4 is 0 Å². The summed E-state index contributed by atoms with van der Waals surface area (Å²) in [7, 11) is 0. The number of rotatable bonds is 4. The Morgan fingerprint density at radius 2 is 2.12 bits per heavy atom. The molecule has 4 heteroatoms. The molecule has 0 aromatic carbocycles. The van der Waals surface area contributed by atoms with Crippen molar-refractivity contribution in [2.75, 3.05) is 19.6 Å². The number of aliphatic hydroxyl groups excluding tert-OH is 1. The number of piperidine rings is 1. The summed E-state index contributed by atoms with van der Waals surface area (Å²) in [6.07, 6.45) is 1.99. The van der Waals surface area contributed by atoms with Crippen LogP contribution in [0.4, 0.5) is 0 Å². The van der Waals surface area contributed by atoms with E-state index in [0.29, 0.717) is 6.54 Å². The average molecular weight is 231 g/mol. The summed E-state index contributed by atoms with van der Waals surface area (Å²) >= 11 is 0. The van der Waals surface area contributed by atoms with Crippen LogP contribution in [0.15, 0.2) is 0 Å². The first-order valence-corrected chi connectivity index (χ1v) is 6.20. The Labute approximate surface area is 98.3 Å². The SMILES string of the molecule is CC.CC(O)CN1CCCC(CC(=O)O)C1. The van der Waals surface area contributed by atoms with Gasteiger partial charge in [0.25, 0.3) is 0 Å². The maximum absolute atomic E-state index is 10.5. The summed E-state index contributed by atoms with van der Waals surface area (Å²) in [5.41, 5.74) is 0. The predicted molar refractivity (Wildman–Crippen MR) is 64.4 cm³/mol. The number of likely N-dealkylation sites (tertiary alicyclic amines) is 1. The van der Waals surface area contributed by atoms with Crippen LogP contribution in [-0.2, 0) is 4.79 Å². The highest BCUT2D eigenvalue weighted by Crippen LogP contribution is 2.19. The third-order valence-electron chi connectivity index (χ3n) is 2.59. The van der Waals surface area contributed by atoms with Crippen molar-refractivity contribution >= 4 is 5.97 Å². The van der Waals surface area contributed by atoms with Gasteiger partial charge in [-0.05, 0) is 32.2 Å². The molecule has 16 heavy (non-hydrogen) atoms. The lowest BCUT2D eigenvalue weighted by molar-refractivity contribution is -0.138. The second-order valence-corrected chi connectivity index (χ2v) is 4.21. The van der Waals surface area contributed by atoms with Crippen LogP contribution in [0.1, 0.15) is 40.0 Å². The Kier molecular flexibility index (Phi) is 8.21. The van der Waals surface area contributed by atoms with Gasteiger partial charge >= 0.3 is 5.97 Å². The van der Waals surface area contributed by atoms with Gasteiger partial charge < -0.3 is 15.1 Å². The Bertz CT molecular complexity index is 195. The van der Waals surface area contributed by atoms with Crippen LogP contribution in [-0.4, -0.2) is 46.8 Å². The van der Waals surface area contributed by atoms with Gasteiger partial charge in [0.1, 0.15) is 0 Å². The fraction of sp³-hybridized carbons (Fsp3) is 0.917. The smallest absolute Gasteiger partial charge is 0.303 e. The molecule has 0 aliphatic carbocycles. The van der Waals surface area contributed by atoms with Crippen LogP contribution in [0.5, 0.6) is 0 Å². The molecule has 0 radical (unpaired) electrons. The van der Waals surface area contributed by atoms with Gasteiger partial charge in [0, 0.05) is 19.5 Å². The summed E-state index contributed by atoms with van der Waals surface area (Å²) in [5, 5.41) is 17.9. The molecule has 0 saturated carbocycles. The number of β-amino-alcohol motifs (C(OH)–C–C–N with tert-alkyl or cyclic N) is 1. The molecular weight excluding hydrogens is 206 g/mol. The number of aliphatic hydroxyl groups is 1. The van der Waals surface area contributed by atoms with E-state index in [1.807, 2.05) is 13.8 Å². The summed E-state index contributed by atoms with van der Waals surface area (Å²) in [5.74, 6) is -0.450. The van der Waals surface area contributed by atoms with Crippen molar-refractivity contribution in [3.8, 4) is 0 Å². The van der Waals surface area contributed by atoms with Crippen LogP contribution in [0.3, 0.4) is 0 Å². The molecule has 2 unspecified atom stereocenters. The zero-order valence-electron chi connectivity index (χ0n) is 10.6. The van der Waals surface area contributed by atoms with Crippen molar-refractivity contribution in [2.24, 2.45) is 5.92 Å². The second kappa shape index (κ2) is 8.53. The van der Waals surface area contributed by atoms with E-state index in [0.717, 1.165) is 25.9 Å². The lowest BCUT2D eigenvalue weighted by Crippen LogP contribution is -2.40. The van der Waals surface area contributed by atoms with E-state index < -0.39 is 5.97 Å². The van der Waals surface area contributed by atoms with Gasteiger partial charge in [-0.25, -0.2) is 0 Å². The van der Waals surface area contributed by atoms with Crippen LogP contribution in [0.25, 0.3) is 0 Å². The summed E-state index contributed by atoms with van der Waals surface area (Å²) in [6.45, 7) is 8.23. The van der Waals surface area contributed by atoms with E-state index in [-0.39, 0.29) is 18.4 Å². The lowest BCUT2D eigenvalue weighted by atomic mass is 9.95. The standard InChI is InChI=1S/C10H19NO3.C2H6/c1-8(12)6-11-4-2-3-9(7-11)5-10(13)14;1-2/h8-9,12H,2-7H2,1H3,(H,13,14);1-2H3. The molecule has 0 bridgehead atoms. The van der Waals surface area contributed by atoms with Crippen LogP contribution in [0, 0.1) is 5.92 Å². The fourth-order valence-corrected chi connectivity index (χ4v) is 2.10. The fourth-order valence-electron chi connectivity index (χ4n) is 2.10. The number of carboxylic acid groups (broad SMARTS) is 1. The Hall–Kier alpha value is -0.610. The van der Waals surface area contributed by atoms with Gasteiger partial charge in [-0.3, -0.25) is 4.79 Å². The topological polar surface area (TPSA) is 60.8 Å². The normalized spacial score (nSPS) is 23.1. The van der Waals surface area contributed by atoms with E-state index >= 15 is 0 Å². The molecule has 1 fully saturated rings. The molecule has 0 amide bonds. The molecule has 1 aliphatic rings. The number of aliphatic carboxylic acids is 1. The van der Waals surface area contributed by atoms with Gasteiger partial charge in [0.05, 0.1) is 6.10 Å². The first kappa shape index (κ1) is 15.4. The highest BCUT2D eigenvalue weighted by molar-refractivity contribution is 5.67. The van der Waals surface area contributed by atoms with E-state index in [2.05, 4.69) is 4.90 Å².